The number of hydrogen-bond donors (Lipinski definition) is 1. The van der Waals surface area contributed by atoms with Gasteiger partial charge in [0, 0.05) is 19.3 Å². The van der Waals surface area contributed by atoms with Gasteiger partial charge in [-0.1, -0.05) is 23.2 Å². The fourth-order valence-electron chi connectivity index (χ4n) is 2.11. The zero-order valence-corrected chi connectivity index (χ0v) is 17.3. The van der Waals surface area contributed by atoms with E-state index in [0.29, 0.717) is 18.0 Å². The van der Waals surface area contributed by atoms with E-state index in [0.717, 1.165) is 0 Å². The SMILES string of the molecule is CNc1nc(F)nc(N(CCS(=O)(=O)CCOSOOOC)c2ccccc2)n1. The normalized spacial score (nSPS) is 11.4. The lowest BCUT2D eigenvalue weighted by molar-refractivity contribution is -0.449. The summed E-state index contributed by atoms with van der Waals surface area (Å²) in [7, 11) is -0.725. The van der Waals surface area contributed by atoms with Crippen LogP contribution in [-0.4, -0.2) is 62.2 Å². The van der Waals surface area contributed by atoms with E-state index in [1.165, 1.54) is 19.1 Å². The second-order valence-electron chi connectivity index (χ2n) is 5.31. The molecule has 0 bridgehead atoms. The van der Waals surface area contributed by atoms with E-state index < -0.39 is 15.9 Å². The van der Waals surface area contributed by atoms with E-state index in [-0.39, 0.29) is 36.6 Å². The van der Waals surface area contributed by atoms with Gasteiger partial charge in [0.15, 0.2) is 22.2 Å². The summed E-state index contributed by atoms with van der Waals surface area (Å²) < 4.78 is 47.7. The van der Waals surface area contributed by atoms with Crippen molar-refractivity contribution in [1.29, 1.82) is 0 Å². The fourth-order valence-corrected chi connectivity index (χ4v) is 3.49. The number of anilines is 3. The average Bonchev–Trinajstić information content (AvgIpc) is 2.71. The molecule has 2 rings (SSSR count). The van der Waals surface area contributed by atoms with Crippen molar-refractivity contribution in [2.75, 3.05) is 49.0 Å². The summed E-state index contributed by atoms with van der Waals surface area (Å²) in [5.74, 6) is -0.486. The number of para-hydroxylation sites is 1. The number of nitrogens with one attached hydrogen (secondary N) is 1. The largest absolute Gasteiger partial charge is 0.357 e. The van der Waals surface area contributed by atoms with Crippen LogP contribution >= 0.6 is 12.3 Å². The summed E-state index contributed by atoms with van der Waals surface area (Å²) in [6.45, 7) is -0.134. The molecule has 1 aromatic carbocycles. The third kappa shape index (κ3) is 8.04. The molecule has 11 nitrogen and oxygen atoms in total. The fraction of sp³-hybridized carbons (Fsp3) is 0.400. The van der Waals surface area contributed by atoms with Gasteiger partial charge in [-0.05, 0) is 12.1 Å². The maximum Gasteiger partial charge on any atom is 0.315 e. The Hall–Kier alpha value is -2.10. The van der Waals surface area contributed by atoms with Crippen molar-refractivity contribution in [3.63, 3.8) is 0 Å². The molecule has 0 spiro atoms. The summed E-state index contributed by atoms with van der Waals surface area (Å²) >= 11 is 0.445. The zero-order valence-electron chi connectivity index (χ0n) is 15.6. The Labute approximate surface area is 171 Å². The smallest absolute Gasteiger partial charge is 0.315 e. The van der Waals surface area contributed by atoms with Crippen LogP contribution in [0.3, 0.4) is 0 Å². The first kappa shape index (κ1) is 23.2. The third-order valence-electron chi connectivity index (χ3n) is 3.40. The van der Waals surface area contributed by atoms with Crippen LogP contribution in [0.1, 0.15) is 0 Å². The van der Waals surface area contributed by atoms with Gasteiger partial charge in [-0.3, -0.25) is 4.18 Å². The van der Waals surface area contributed by atoms with Crippen LogP contribution in [0.5, 0.6) is 0 Å². The molecular formula is C15H20FN5O6S2. The maximum absolute atomic E-state index is 13.8. The van der Waals surface area contributed by atoms with Crippen molar-refractivity contribution in [2.45, 2.75) is 0 Å². The monoisotopic (exact) mass is 449 g/mol. The van der Waals surface area contributed by atoms with E-state index in [1.54, 1.807) is 30.3 Å². The van der Waals surface area contributed by atoms with Gasteiger partial charge in [0.1, 0.15) is 0 Å². The quantitative estimate of drug-likeness (QED) is 0.207. The summed E-state index contributed by atoms with van der Waals surface area (Å²) in [5, 5.41) is 6.74. The second kappa shape index (κ2) is 11.8. The number of rotatable bonds is 13. The van der Waals surface area contributed by atoms with Crippen molar-refractivity contribution >= 4 is 39.7 Å². The molecule has 29 heavy (non-hydrogen) atoms. The molecule has 0 aliphatic heterocycles. The first-order valence-electron chi connectivity index (χ1n) is 8.23. The Morgan fingerprint density at radius 1 is 1.17 bits per heavy atom. The Balaban J connectivity index is 2.06. The van der Waals surface area contributed by atoms with Gasteiger partial charge in [0.2, 0.25) is 11.9 Å². The van der Waals surface area contributed by atoms with E-state index in [2.05, 4.69) is 34.5 Å². The predicted molar refractivity (Wildman–Crippen MR) is 104 cm³/mol. The highest BCUT2D eigenvalue weighted by Gasteiger charge is 2.19. The van der Waals surface area contributed by atoms with Gasteiger partial charge in [0.05, 0.1) is 25.2 Å². The molecule has 0 fully saturated rings. The standard InChI is InChI=1S/C15H20FN5O6S2/c1-17-14-18-13(16)19-15(20-14)21(12-6-4-3-5-7-12)8-10-29(22,23)11-9-25-28-27-26-24-2/h3-7H,8-11H2,1-2H3,(H,17,18,19,20). The number of hydrogen-bond acceptors (Lipinski definition) is 12. The summed E-state index contributed by atoms with van der Waals surface area (Å²) in [5.41, 5.74) is 0.604. The average molecular weight is 449 g/mol. The molecule has 0 atom stereocenters. The molecule has 0 unspecified atom stereocenters. The highest BCUT2D eigenvalue weighted by atomic mass is 32.2. The van der Waals surface area contributed by atoms with Gasteiger partial charge < -0.3 is 10.2 Å². The molecule has 1 aromatic heterocycles. The Morgan fingerprint density at radius 3 is 2.62 bits per heavy atom. The number of nitrogens with zero attached hydrogens (tertiary/aromatic N) is 4. The molecule has 0 radical (unpaired) electrons. The summed E-state index contributed by atoms with van der Waals surface area (Å²) in [6.07, 6.45) is -0.980. The second-order valence-corrected chi connectivity index (χ2v) is 8.12. The molecule has 0 amide bonds. The van der Waals surface area contributed by atoms with Crippen molar-refractivity contribution in [3.05, 3.63) is 36.4 Å². The molecule has 2 aromatic rings. The lowest BCUT2D eigenvalue weighted by atomic mass is 10.3. The molecule has 0 aliphatic carbocycles. The van der Waals surface area contributed by atoms with Gasteiger partial charge >= 0.3 is 6.08 Å². The summed E-state index contributed by atoms with van der Waals surface area (Å²) in [6, 6.07) is 8.80. The van der Waals surface area contributed by atoms with E-state index in [9.17, 15) is 12.8 Å². The van der Waals surface area contributed by atoms with Crippen LogP contribution in [0.15, 0.2) is 30.3 Å². The minimum atomic E-state index is -3.50. The van der Waals surface area contributed by atoms with Crippen LogP contribution in [-0.2, 0) is 28.3 Å². The Morgan fingerprint density at radius 2 is 1.93 bits per heavy atom. The minimum absolute atomic E-state index is 0.00458. The van der Waals surface area contributed by atoms with Gasteiger partial charge in [0.25, 0.3) is 0 Å². The van der Waals surface area contributed by atoms with Crippen LogP contribution < -0.4 is 10.2 Å². The minimum Gasteiger partial charge on any atom is -0.357 e. The lowest BCUT2D eigenvalue weighted by Gasteiger charge is -2.22. The molecular weight excluding hydrogens is 429 g/mol. The maximum atomic E-state index is 13.8. The molecule has 0 saturated heterocycles. The molecule has 1 N–H and O–H groups in total. The number of sulfone groups is 1. The first-order valence-corrected chi connectivity index (χ1v) is 10.7. The molecule has 0 aliphatic rings. The van der Waals surface area contributed by atoms with Gasteiger partial charge in [-0.2, -0.15) is 19.3 Å². The van der Waals surface area contributed by atoms with Crippen LogP contribution in [0.4, 0.5) is 22.0 Å². The van der Waals surface area contributed by atoms with Crippen molar-refractivity contribution in [3.8, 4) is 0 Å². The van der Waals surface area contributed by atoms with Crippen LogP contribution in [0.2, 0.25) is 0 Å². The Kier molecular flexibility index (Phi) is 9.43. The topological polar surface area (TPSA) is 125 Å². The Bertz CT molecular complexity index is 862. The number of halogens is 1. The van der Waals surface area contributed by atoms with E-state index in [1.807, 2.05) is 0 Å². The molecule has 1 heterocycles. The predicted octanol–water partition coefficient (Wildman–Crippen LogP) is 1.69. The van der Waals surface area contributed by atoms with Gasteiger partial charge in [-0.25, -0.2) is 13.3 Å². The number of aromatic nitrogens is 3. The van der Waals surface area contributed by atoms with E-state index in [4.69, 9.17) is 4.18 Å². The summed E-state index contributed by atoms with van der Waals surface area (Å²) in [4.78, 5) is 17.0. The highest BCUT2D eigenvalue weighted by molar-refractivity contribution is 7.91. The van der Waals surface area contributed by atoms with Crippen molar-refractivity contribution < 1.29 is 31.3 Å². The van der Waals surface area contributed by atoms with Gasteiger partial charge in [-0.15, -0.1) is 4.33 Å². The van der Waals surface area contributed by atoms with Crippen LogP contribution in [0, 0.1) is 6.08 Å². The molecule has 160 valence electrons. The molecule has 0 saturated carbocycles. The first-order chi connectivity index (χ1) is 13.9. The van der Waals surface area contributed by atoms with E-state index >= 15 is 0 Å². The zero-order chi connectivity index (χ0) is 21.1. The van der Waals surface area contributed by atoms with Crippen molar-refractivity contribution in [2.24, 2.45) is 0 Å². The molecule has 14 heteroatoms. The van der Waals surface area contributed by atoms with Crippen LogP contribution in [0.25, 0.3) is 0 Å². The third-order valence-corrected chi connectivity index (χ3v) is 5.37. The lowest BCUT2D eigenvalue weighted by Crippen LogP contribution is -2.29. The van der Waals surface area contributed by atoms with Crippen molar-refractivity contribution in [1.82, 2.24) is 15.0 Å². The number of benzene rings is 1. The highest BCUT2D eigenvalue weighted by Crippen LogP contribution is 2.22.